The first-order valence-electron chi connectivity index (χ1n) is 10.3. The van der Waals surface area contributed by atoms with Crippen molar-refractivity contribution in [3.05, 3.63) is 90.5 Å². The van der Waals surface area contributed by atoms with Gasteiger partial charge in [-0.15, -0.1) is 0 Å². The van der Waals surface area contributed by atoms with Crippen LogP contribution >= 0.6 is 15.9 Å². The lowest BCUT2D eigenvalue weighted by molar-refractivity contribution is 0.0949. The fourth-order valence-electron chi connectivity index (χ4n) is 3.37. The molecule has 0 unspecified atom stereocenters. The molecule has 3 aromatic rings. The Bertz CT molecular complexity index is 1270. The van der Waals surface area contributed by atoms with Gasteiger partial charge in [-0.05, 0) is 51.5 Å². The van der Waals surface area contributed by atoms with Gasteiger partial charge in [0.2, 0.25) is 5.88 Å². The molecule has 1 aromatic heterocycles. The lowest BCUT2D eigenvalue weighted by Gasteiger charge is -2.20. The first-order chi connectivity index (χ1) is 15.1. The third kappa shape index (κ3) is 4.55. The van der Waals surface area contributed by atoms with Gasteiger partial charge in [0.1, 0.15) is 0 Å². The van der Waals surface area contributed by atoms with Gasteiger partial charge in [-0.1, -0.05) is 57.2 Å². The standard InChI is InChI=1S/C24H26BrN3O4/c1-5-26-20(29)19-21(30)27(14-15-10-12-16(13-11-15)24(2,3)4)23(32)28(22(19)31)18-9-7-6-8-17(18)25/h6-13,30H,5,14H2,1-4H3,(H,26,29). The van der Waals surface area contributed by atoms with E-state index in [0.29, 0.717) is 4.47 Å². The third-order valence-electron chi connectivity index (χ3n) is 5.14. The largest absolute Gasteiger partial charge is 0.494 e. The Hall–Kier alpha value is -3.13. The number of carbonyl (C=O) groups excluding carboxylic acids is 1. The molecule has 0 saturated carbocycles. The number of amides is 1. The highest BCUT2D eigenvalue weighted by Crippen LogP contribution is 2.23. The minimum Gasteiger partial charge on any atom is -0.494 e. The quantitative estimate of drug-likeness (QED) is 0.561. The first-order valence-corrected chi connectivity index (χ1v) is 11.1. The molecule has 0 aliphatic rings. The number of hydrogen-bond acceptors (Lipinski definition) is 4. The summed E-state index contributed by atoms with van der Waals surface area (Å²) in [4.78, 5) is 39.1. The number of aromatic nitrogens is 2. The van der Waals surface area contributed by atoms with Crippen LogP contribution in [0.25, 0.3) is 5.69 Å². The fourth-order valence-corrected chi connectivity index (χ4v) is 3.83. The molecular weight excluding hydrogens is 474 g/mol. The van der Waals surface area contributed by atoms with Crippen molar-refractivity contribution in [1.29, 1.82) is 0 Å². The molecule has 1 amide bonds. The maximum atomic E-state index is 13.3. The summed E-state index contributed by atoms with van der Waals surface area (Å²) in [5.74, 6) is -1.40. The molecular formula is C24H26BrN3O4. The van der Waals surface area contributed by atoms with Gasteiger partial charge in [-0.25, -0.2) is 9.36 Å². The molecule has 0 bridgehead atoms. The molecule has 8 heteroatoms. The van der Waals surface area contributed by atoms with Crippen LogP contribution in [0, 0.1) is 0 Å². The number of benzene rings is 2. The van der Waals surface area contributed by atoms with Gasteiger partial charge in [-0.2, -0.15) is 0 Å². The molecule has 3 rings (SSSR count). The van der Waals surface area contributed by atoms with Crippen molar-refractivity contribution in [1.82, 2.24) is 14.5 Å². The van der Waals surface area contributed by atoms with Crippen LogP contribution in [0.1, 0.15) is 49.2 Å². The Morgan fingerprint density at radius 1 is 1.06 bits per heavy atom. The predicted molar refractivity (Wildman–Crippen MR) is 128 cm³/mol. The molecule has 168 valence electrons. The van der Waals surface area contributed by atoms with E-state index >= 15 is 0 Å². The molecule has 2 aromatic carbocycles. The second-order valence-electron chi connectivity index (χ2n) is 8.47. The van der Waals surface area contributed by atoms with Crippen LogP contribution in [0.3, 0.4) is 0 Å². The summed E-state index contributed by atoms with van der Waals surface area (Å²) in [5, 5.41) is 13.3. The van der Waals surface area contributed by atoms with E-state index in [0.717, 1.165) is 20.3 Å². The Morgan fingerprint density at radius 2 is 1.69 bits per heavy atom. The van der Waals surface area contributed by atoms with Crippen molar-refractivity contribution >= 4 is 21.8 Å². The van der Waals surface area contributed by atoms with Crippen LogP contribution < -0.4 is 16.6 Å². The Morgan fingerprint density at radius 3 is 2.25 bits per heavy atom. The minimum atomic E-state index is -0.885. The summed E-state index contributed by atoms with van der Waals surface area (Å²) in [7, 11) is 0. The average Bonchev–Trinajstić information content (AvgIpc) is 2.72. The highest BCUT2D eigenvalue weighted by Gasteiger charge is 2.25. The molecule has 0 aliphatic heterocycles. The molecule has 32 heavy (non-hydrogen) atoms. The van der Waals surface area contributed by atoms with Gasteiger partial charge in [0.05, 0.1) is 12.2 Å². The van der Waals surface area contributed by atoms with E-state index in [1.165, 1.54) is 0 Å². The van der Waals surface area contributed by atoms with Crippen LogP contribution in [0.15, 0.2) is 62.6 Å². The van der Waals surface area contributed by atoms with Crippen LogP contribution in [-0.4, -0.2) is 26.7 Å². The number of carbonyl (C=O) groups is 1. The van der Waals surface area contributed by atoms with Gasteiger partial charge in [0, 0.05) is 11.0 Å². The third-order valence-corrected chi connectivity index (χ3v) is 5.81. The number of aromatic hydroxyl groups is 1. The molecule has 0 spiro atoms. The van der Waals surface area contributed by atoms with Crippen molar-refractivity contribution in [2.45, 2.75) is 39.7 Å². The van der Waals surface area contributed by atoms with Crippen molar-refractivity contribution in [2.75, 3.05) is 6.54 Å². The zero-order chi connectivity index (χ0) is 23.6. The highest BCUT2D eigenvalue weighted by molar-refractivity contribution is 9.10. The van der Waals surface area contributed by atoms with Gasteiger partial charge in [0.25, 0.3) is 11.5 Å². The molecule has 2 N–H and O–H groups in total. The summed E-state index contributed by atoms with van der Waals surface area (Å²) in [6.07, 6.45) is 0. The summed E-state index contributed by atoms with van der Waals surface area (Å²) >= 11 is 3.36. The van der Waals surface area contributed by atoms with Crippen LogP contribution in [0.2, 0.25) is 0 Å². The number of nitrogens with one attached hydrogen (secondary N) is 1. The van der Waals surface area contributed by atoms with E-state index in [4.69, 9.17) is 0 Å². The van der Waals surface area contributed by atoms with E-state index in [1.807, 2.05) is 24.3 Å². The first kappa shape index (κ1) is 23.5. The number of nitrogens with zero attached hydrogens (tertiary/aromatic N) is 2. The predicted octanol–water partition coefficient (Wildman–Crippen LogP) is 3.56. The lowest BCUT2D eigenvalue weighted by atomic mass is 9.87. The molecule has 0 atom stereocenters. The van der Waals surface area contributed by atoms with Gasteiger partial charge >= 0.3 is 5.69 Å². The molecule has 7 nitrogen and oxygen atoms in total. The Labute approximate surface area is 194 Å². The number of halogens is 1. The number of hydrogen-bond donors (Lipinski definition) is 2. The second-order valence-corrected chi connectivity index (χ2v) is 9.32. The molecule has 0 aliphatic carbocycles. The molecule has 0 radical (unpaired) electrons. The zero-order valence-corrected chi connectivity index (χ0v) is 20.1. The average molecular weight is 500 g/mol. The van der Waals surface area contributed by atoms with E-state index in [1.54, 1.807) is 31.2 Å². The van der Waals surface area contributed by atoms with E-state index < -0.39 is 28.6 Å². The Balaban J connectivity index is 2.24. The second kappa shape index (κ2) is 9.16. The van der Waals surface area contributed by atoms with Gasteiger partial charge in [0.15, 0.2) is 5.56 Å². The van der Waals surface area contributed by atoms with E-state index in [9.17, 15) is 19.5 Å². The normalized spacial score (nSPS) is 11.4. The van der Waals surface area contributed by atoms with Crippen LogP contribution in [-0.2, 0) is 12.0 Å². The molecule has 0 saturated heterocycles. The maximum Gasteiger partial charge on any atom is 0.338 e. The van der Waals surface area contributed by atoms with Crippen molar-refractivity contribution in [3.8, 4) is 11.6 Å². The topological polar surface area (TPSA) is 93.3 Å². The van der Waals surface area contributed by atoms with Crippen LogP contribution in [0.4, 0.5) is 0 Å². The van der Waals surface area contributed by atoms with Gasteiger partial charge < -0.3 is 10.4 Å². The van der Waals surface area contributed by atoms with E-state index in [2.05, 4.69) is 42.0 Å². The van der Waals surface area contributed by atoms with Crippen LogP contribution in [0.5, 0.6) is 5.88 Å². The van der Waals surface area contributed by atoms with Crippen molar-refractivity contribution in [3.63, 3.8) is 0 Å². The summed E-state index contributed by atoms with van der Waals surface area (Å²) < 4.78 is 2.45. The number of rotatable bonds is 5. The molecule has 0 fully saturated rings. The number of para-hydroxylation sites is 1. The maximum absolute atomic E-state index is 13.3. The van der Waals surface area contributed by atoms with Crippen molar-refractivity contribution < 1.29 is 9.90 Å². The Kier molecular flexibility index (Phi) is 6.74. The van der Waals surface area contributed by atoms with Gasteiger partial charge in [-0.3, -0.25) is 14.2 Å². The highest BCUT2D eigenvalue weighted by atomic mass is 79.9. The minimum absolute atomic E-state index is 0.00771. The van der Waals surface area contributed by atoms with Crippen molar-refractivity contribution in [2.24, 2.45) is 0 Å². The summed E-state index contributed by atoms with van der Waals surface area (Å²) in [6.45, 7) is 8.26. The lowest BCUT2D eigenvalue weighted by Crippen LogP contribution is -2.43. The fraction of sp³-hybridized carbons (Fsp3) is 0.292. The summed E-state index contributed by atoms with van der Waals surface area (Å²) in [5.41, 5.74) is 0.0134. The SMILES string of the molecule is CCNC(=O)c1c(O)n(Cc2ccc(C(C)(C)C)cc2)c(=O)n(-c2ccccc2Br)c1=O. The zero-order valence-electron chi connectivity index (χ0n) is 18.5. The van der Waals surface area contributed by atoms with E-state index in [-0.39, 0.29) is 24.2 Å². The molecule has 1 heterocycles. The monoisotopic (exact) mass is 499 g/mol. The smallest absolute Gasteiger partial charge is 0.338 e. The summed E-state index contributed by atoms with van der Waals surface area (Å²) in [6, 6.07) is 14.4.